The number of anilines is 1. The highest BCUT2D eigenvalue weighted by Crippen LogP contribution is 2.31. The summed E-state index contributed by atoms with van der Waals surface area (Å²) >= 11 is 0. The average Bonchev–Trinajstić information content (AvgIpc) is 2.19. The fourth-order valence-corrected chi connectivity index (χ4v) is 1.91. The lowest BCUT2D eigenvalue weighted by molar-refractivity contribution is 0.106. The Labute approximate surface area is 102 Å². The Bertz CT molecular complexity index is 509. The third kappa shape index (κ3) is 3.34. The van der Waals surface area contributed by atoms with Gasteiger partial charge in [0.1, 0.15) is 16.2 Å². The number of sulfonamides is 1. The molecule has 6 heteroatoms. The smallest absolute Gasteiger partial charge is 0.240 e. The number of nitrogens with two attached hydrogens (primary N) is 2. The zero-order chi connectivity index (χ0) is 13.3. The first-order valence-electron chi connectivity index (χ1n) is 5.27. The average molecular weight is 258 g/mol. The summed E-state index contributed by atoms with van der Waals surface area (Å²) in [6.45, 7) is 5.77. The normalized spacial score (nSPS) is 12.5. The van der Waals surface area contributed by atoms with Gasteiger partial charge in [-0.3, -0.25) is 0 Å². The minimum atomic E-state index is -3.82. The molecule has 0 saturated heterocycles. The minimum absolute atomic E-state index is 0.0523. The van der Waals surface area contributed by atoms with E-state index < -0.39 is 15.6 Å². The summed E-state index contributed by atoms with van der Waals surface area (Å²) in [5.74, 6) is 0.336. The van der Waals surface area contributed by atoms with Crippen LogP contribution in [-0.4, -0.2) is 14.0 Å². The van der Waals surface area contributed by atoms with Crippen LogP contribution in [0.4, 0.5) is 5.69 Å². The topological polar surface area (TPSA) is 95.4 Å². The van der Waals surface area contributed by atoms with E-state index >= 15 is 0 Å². The summed E-state index contributed by atoms with van der Waals surface area (Å²) in [6.07, 6.45) is 0.770. The van der Waals surface area contributed by atoms with E-state index in [1.165, 1.54) is 6.07 Å². The number of benzene rings is 1. The van der Waals surface area contributed by atoms with Gasteiger partial charge < -0.3 is 10.5 Å². The van der Waals surface area contributed by atoms with Crippen LogP contribution >= 0.6 is 0 Å². The molecule has 5 nitrogen and oxygen atoms in total. The van der Waals surface area contributed by atoms with Gasteiger partial charge in [0.2, 0.25) is 10.0 Å². The molecule has 0 atom stereocenters. The van der Waals surface area contributed by atoms with Crippen molar-refractivity contribution in [1.82, 2.24) is 0 Å². The van der Waals surface area contributed by atoms with Crippen LogP contribution in [0.2, 0.25) is 0 Å². The molecule has 4 N–H and O–H groups in total. The second-order valence-electron chi connectivity index (χ2n) is 4.43. The Hall–Kier alpha value is -1.27. The highest BCUT2D eigenvalue weighted by molar-refractivity contribution is 7.89. The Balaban J connectivity index is 3.21. The summed E-state index contributed by atoms with van der Waals surface area (Å²) in [5.41, 5.74) is 5.39. The predicted molar refractivity (Wildman–Crippen MR) is 67.2 cm³/mol. The van der Waals surface area contributed by atoms with Crippen LogP contribution in [0.3, 0.4) is 0 Å². The van der Waals surface area contributed by atoms with Crippen LogP contribution in [-0.2, 0) is 10.0 Å². The van der Waals surface area contributed by atoms with Crippen LogP contribution in [0.15, 0.2) is 23.1 Å². The SMILES string of the molecule is CCC(C)(C)Oc1cccc(S(N)(=O)=O)c1N. The van der Waals surface area contributed by atoms with E-state index in [0.717, 1.165) is 6.42 Å². The van der Waals surface area contributed by atoms with Crippen LogP contribution in [0, 0.1) is 0 Å². The molecule has 1 rings (SSSR count). The quantitative estimate of drug-likeness (QED) is 0.800. The lowest BCUT2D eigenvalue weighted by Crippen LogP contribution is -2.27. The Morgan fingerprint density at radius 2 is 1.94 bits per heavy atom. The maximum atomic E-state index is 11.3. The predicted octanol–water partition coefficient (Wildman–Crippen LogP) is 1.48. The first-order chi connectivity index (χ1) is 7.67. The van der Waals surface area contributed by atoms with Crippen molar-refractivity contribution in [3.8, 4) is 5.75 Å². The third-order valence-corrected chi connectivity index (χ3v) is 3.54. The number of hydrogen-bond acceptors (Lipinski definition) is 4. The Morgan fingerprint density at radius 1 is 1.35 bits per heavy atom. The minimum Gasteiger partial charge on any atom is -0.486 e. The van der Waals surface area contributed by atoms with Gasteiger partial charge in [0.15, 0.2) is 0 Å². The second kappa shape index (κ2) is 4.54. The van der Waals surface area contributed by atoms with E-state index in [9.17, 15) is 8.42 Å². The van der Waals surface area contributed by atoms with Crippen molar-refractivity contribution in [2.45, 2.75) is 37.7 Å². The summed E-state index contributed by atoms with van der Waals surface area (Å²) in [5, 5.41) is 5.06. The van der Waals surface area contributed by atoms with Crippen molar-refractivity contribution in [1.29, 1.82) is 0 Å². The number of hydrogen-bond donors (Lipinski definition) is 2. The molecular weight excluding hydrogens is 240 g/mol. The van der Waals surface area contributed by atoms with Crippen LogP contribution < -0.4 is 15.6 Å². The van der Waals surface area contributed by atoms with Crippen molar-refractivity contribution < 1.29 is 13.2 Å². The molecule has 0 saturated carbocycles. The van der Waals surface area contributed by atoms with Gasteiger partial charge in [-0.2, -0.15) is 0 Å². The van der Waals surface area contributed by atoms with Crippen LogP contribution in [0.5, 0.6) is 5.75 Å². The van der Waals surface area contributed by atoms with Crippen molar-refractivity contribution >= 4 is 15.7 Å². The molecule has 0 aliphatic rings. The summed E-state index contributed by atoms with van der Waals surface area (Å²) in [7, 11) is -3.82. The van der Waals surface area contributed by atoms with E-state index in [-0.39, 0.29) is 10.6 Å². The zero-order valence-electron chi connectivity index (χ0n) is 10.2. The molecule has 0 aliphatic carbocycles. The number of rotatable bonds is 4. The van der Waals surface area contributed by atoms with Crippen molar-refractivity contribution in [3.05, 3.63) is 18.2 Å². The Morgan fingerprint density at radius 3 is 2.41 bits per heavy atom. The summed E-state index contributed by atoms with van der Waals surface area (Å²) in [6, 6.07) is 4.54. The molecule has 0 aliphatic heterocycles. The summed E-state index contributed by atoms with van der Waals surface area (Å²) < 4.78 is 28.2. The molecule has 0 bridgehead atoms. The van der Waals surface area contributed by atoms with Gasteiger partial charge in [-0.25, -0.2) is 13.6 Å². The maximum absolute atomic E-state index is 11.3. The van der Waals surface area contributed by atoms with E-state index in [0.29, 0.717) is 5.75 Å². The second-order valence-corrected chi connectivity index (χ2v) is 5.96. The first kappa shape index (κ1) is 13.8. The van der Waals surface area contributed by atoms with E-state index in [2.05, 4.69) is 0 Å². The monoisotopic (exact) mass is 258 g/mol. The van der Waals surface area contributed by atoms with Gasteiger partial charge in [0.25, 0.3) is 0 Å². The summed E-state index contributed by atoms with van der Waals surface area (Å²) in [4.78, 5) is -0.109. The molecule has 17 heavy (non-hydrogen) atoms. The highest BCUT2D eigenvalue weighted by atomic mass is 32.2. The fourth-order valence-electron chi connectivity index (χ4n) is 1.23. The zero-order valence-corrected chi connectivity index (χ0v) is 11.0. The molecule has 0 heterocycles. The number of ether oxygens (including phenoxy) is 1. The molecule has 0 unspecified atom stereocenters. The fraction of sp³-hybridized carbons (Fsp3) is 0.455. The van der Waals surface area contributed by atoms with Crippen LogP contribution in [0.1, 0.15) is 27.2 Å². The van der Waals surface area contributed by atoms with Gasteiger partial charge in [-0.05, 0) is 32.4 Å². The molecule has 0 aromatic heterocycles. The lowest BCUT2D eigenvalue weighted by atomic mass is 10.1. The van der Waals surface area contributed by atoms with Gasteiger partial charge in [0.05, 0.1) is 5.69 Å². The number of para-hydroxylation sites is 1. The molecule has 0 fully saturated rings. The highest BCUT2D eigenvalue weighted by Gasteiger charge is 2.21. The maximum Gasteiger partial charge on any atom is 0.240 e. The first-order valence-corrected chi connectivity index (χ1v) is 6.82. The standard InChI is InChI=1S/C11H18N2O3S/c1-4-11(2,3)16-8-6-5-7-9(10(8)12)17(13,14)15/h5-7H,4,12H2,1-3H3,(H2,13,14,15). The molecule has 0 amide bonds. The molecular formula is C11H18N2O3S. The third-order valence-electron chi connectivity index (χ3n) is 2.57. The number of primary sulfonamides is 1. The van der Waals surface area contributed by atoms with Gasteiger partial charge in [-0.1, -0.05) is 13.0 Å². The van der Waals surface area contributed by atoms with E-state index in [1.807, 2.05) is 20.8 Å². The van der Waals surface area contributed by atoms with Crippen molar-refractivity contribution in [2.75, 3.05) is 5.73 Å². The molecule has 0 spiro atoms. The molecule has 96 valence electrons. The molecule has 1 aromatic rings. The van der Waals surface area contributed by atoms with E-state index in [1.54, 1.807) is 12.1 Å². The van der Waals surface area contributed by atoms with Gasteiger partial charge in [-0.15, -0.1) is 0 Å². The van der Waals surface area contributed by atoms with Crippen molar-refractivity contribution in [3.63, 3.8) is 0 Å². The molecule has 0 radical (unpaired) electrons. The van der Waals surface area contributed by atoms with Gasteiger partial charge >= 0.3 is 0 Å². The Kier molecular flexibility index (Phi) is 3.68. The van der Waals surface area contributed by atoms with Crippen LogP contribution in [0.25, 0.3) is 0 Å². The van der Waals surface area contributed by atoms with E-state index in [4.69, 9.17) is 15.6 Å². The number of nitrogen functional groups attached to an aromatic ring is 1. The largest absolute Gasteiger partial charge is 0.486 e. The van der Waals surface area contributed by atoms with Crippen molar-refractivity contribution in [2.24, 2.45) is 5.14 Å². The van der Waals surface area contributed by atoms with Gasteiger partial charge in [0, 0.05) is 0 Å². The molecule has 1 aromatic carbocycles. The lowest BCUT2D eigenvalue weighted by Gasteiger charge is -2.26.